The zero-order valence-electron chi connectivity index (χ0n) is 8.44. The minimum absolute atomic E-state index is 0. The van der Waals surface area contributed by atoms with Crippen molar-refractivity contribution < 1.29 is 76.3 Å². The summed E-state index contributed by atoms with van der Waals surface area (Å²) in [6.45, 7) is 0. The van der Waals surface area contributed by atoms with E-state index in [-0.39, 0.29) is 137 Å². The molecule has 0 aliphatic rings. The Kier molecular flexibility index (Phi) is 291. The van der Waals surface area contributed by atoms with Crippen LogP contribution in [0.15, 0.2) is 0 Å². The van der Waals surface area contributed by atoms with Crippen LogP contribution in [0.25, 0.3) is 0 Å². The van der Waals surface area contributed by atoms with E-state index < -0.39 is 0 Å². The average molecular weight is 249 g/mol. The van der Waals surface area contributed by atoms with Crippen molar-refractivity contribution in [1.82, 2.24) is 0 Å². The van der Waals surface area contributed by atoms with E-state index in [1.54, 1.807) is 0 Å². The second-order valence-corrected chi connectivity index (χ2v) is 0. The molecule has 36 valence electrons. The van der Waals surface area contributed by atoms with Crippen molar-refractivity contribution >= 4 is 60.8 Å². The van der Waals surface area contributed by atoms with E-state index in [1.165, 1.54) is 0 Å². The molecule has 0 spiro atoms. The third-order valence-corrected chi connectivity index (χ3v) is 0. The maximum absolute atomic E-state index is 0. The smallest absolute Gasteiger partial charge is 1.00 e. The zero-order chi connectivity index (χ0) is 0. The summed E-state index contributed by atoms with van der Waals surface area (Å²) in [5.41, 5.74) is 0. The van der Waals surface area contributed by atoms with Crippen LogP contribution < -0.4 is 18.9 Å². The summed E-state index contributed by atoms with van der Waals surface area (Å²) in [6.07, 6.45) is 0. The van der Waals surface area contributed by atoms with Gasteiger partial charge in [0.15, 0.2) is 0 Å². The van der Waals surface area contributed by atoms with Gasteiger partial charge in [-0.25, -0.2) is 0 Å². The number of rotatable bonds is 0. The summed E-state index contributed by atoms with van der Waals surface area (Å²) in [4.78, 5) is 0. The fourth-order valence-electron chi connectivity index (χ4n) is 0. The predicted molar refractivity (Wildman–Crippen MR) is 17.1 cm³/mol. The molecule has 0 heterocycles. The zero-order valence-corrected chi connectivity index (χ0v) is 10.3. The first-order valence-corrected chi connectivity index (χ1v) is 0. The van der Waals surface area contributed by atoms with Gasteiger partial charge in [-0.2, -0.15) is 0 Å². The molecule has 0 nitrogen and oxygen atoms in total. The molecule has 0 amide bonds. The summed E-state index contributed by atoms with van der Waals surface area (Å²) < 4.78 is 0. The van der Waals surface area contributed by atoms with Gasteiger partial charge in [0.1, 0.15) is 0 Å². The third-order valence-electron chi connectivity index (χ3n) is 0. The van der Waals surface area contributed by atoms with Crippen LogP contribution in [0.3, 0.4) is 0 Å². The van der Waals surface area contributed by atoms with Gasteiger partial charge in [0.05, 0.1) is 0 Å². The van der Waals surface area contributed by atoms with E-state index in [0.717, 1.165) is 0 Å². The Hall–Kier alpha value is 4.14. The average Bonchev–Trinajstić information content (AvgIpc) is 0. The molecule has 0 aliphatic carbocycles. The van der Waals surface area contributed by atoms with Crippen molar-refractivity contribution in [3.63, 3.8) is 0 Å². The first-order chi connectivity index (χ1) is 0. The molecule has 0 atom stereocenters. The van der Waals surface area contributed by atoms with Gasteiger partial charge in [0.25, 0.3) is 0 Å². The van der Waals surface area contributed by atoms with E-state index in [2.05, 4.69) is 0 Å². The molecule has 0 aromatic rings. The van der Waals surface area contributed by atoms with E-state index in [9.17, 15) is 0 Å². The molecule has 0 saturated carbocycles. The van der Waals surface area contributed by atoms with Gasteiger partial charge in [-0.05, 0) is 0 Å². The van der Waals surface area contributed by atoms with Crippen molar-refractivity contribution in [2.45, 2.75) is 0 Å². The molecule has 0 unspecified atom stereocenters. The molecule has 0 aromatic heterocycles. The minimum Gasteiger partial charge on any atom is -1.00 e. The van der Waals surface area contributed by atoms with Gasteiger partial charge in [0, 0.05) is 50.3 Å². The summed E-state index contributed by atoms with van der Waals surface area (Å²) in [7, 11) is 0. The van der Waals surface area contributed by atoms with Gasteiger partial charge < -0.3 is 7.13 Å². The molecule has 0 aromatic carbocycles. The Bertz CT molecular complexity index is 26.4. The second-order valence-electron chi connectivity index (χ2n) is 0. The topological polar surface area (TPSA) is 0 Å². The van der Waals surface area contributed by atoms with Crippen molar-refractivity contribution in [2.24, 2.45) is 0 Å². The van der Waals surface area contributed by atoms with Gasteiger partial charge >= 0.3 is 79.7 Å². The third kappa shape index (κ3) is 24.2. The molecular weight excluding hydrogens is 244 g/mol. The Morgan fingerprint density at radius 3 is 1.17 bits per heavy atom. The molecular formula is H5CaCoLiMgMnNi. The van der Waals surface area contributed by atoms with E-state index in [4.69, 9.17) is 0 Å². The summed E-state index contributed by atoms with van der Waals surface area (Å²) in [6, 6.07) is 0. The Labute approximate surface area is 134 Å². The fraction of sp³-hybridized carbons (Fsp3) is 0. The fourth-order valence-corrected chi connectivity index (χ4v) is 0. The van der Waals surface area contributed by atoms with Crippen LogP contribution in [-0.2, 0) is 50.3 Å². The SMILES string of the molecule is [Ca+2].[Co].[H-].[H-].[H-].[H-].[H-].[Li+].[Mg+2].[Mn].[Ni]. The first kappa shape index (κ1) is 49.4. The van der Waals surface area contributed by atoms with Gasteiger partial charge in [-0.3, -0.25) is 0 Å². The van der Waals surface area contributed by atoms with Crippen LogP contribution in [0.4, 0.5) is 0 Å². The summed E-state index contributed by atoms with van der Waals surface area (Å²) >= 11 is 0. The number of hydrogen-bond acceptors (Lipinski definition) is 0. The second kappa shape index (κ2) is 35.3. The van der Waals surface area contributed by atoms with Crippen molar-refractivity contribution in [2.75, 3.05) is 0 Å². The summed E-state index contributed by atoms with van der Waals surface area (Å²) in [5.74, 6) is 0. The van der Waals surface area contributed by atoms with E-state index in [1.807, 2.05) is 0 Å². The van der Waals surface area contributed by atoms with Gasteiger partial charge in [0.2, 0.25) is 0 Å². The van der Waals surface area contributed by atoms with Crippen LogP contribution >= 0.6 is 0 Å². The van der Waals surface area contributed by atoms with Crippen LogP contribution in [0.1, 0.15) is 7.13 Å². The van der Waals surface area contributed by atoms with Gasteiger partial charge in [-0.15, -0.1) is 0 Å². The van der Waals surface area contributed by atoms with Crippen LogP contribution in [0.5, 0.6) is 0 Å². The van der Waals surface area contributed by atoms with Crippen molar-refractivity contribution in [3.8, 4) is 0 Å². The quantitative estimate of drug-likeness (QED) is 0.397. The maximum Gasteiger partial charge on any atom is 2.00 e. The van der Waals surface area contributed by atoms with Crippen LogP contribution in [-0.4, -0.2) is 60.8 Å². The number of hydrogen-bond donors (Lipinski definition) is 0. The molecule has 0 aliphatic heterocycles. The Morgan fingerprint density at radius 2 is 1.17 bits per heavy atom. The molecule has 6 heavy (non-hydrogen) atoms. The Balaban J connectivity index is 0. The van der Waals surface area contributed by atoms with Crippen LogP contribution in [0.2, 0.25) is 0 Å². The van der Waals surface area contributed by atoms with Crippen molar-refractivity contribution in [1.29, 1.82) is 0 Å². The standard InChI is InChI=1S/Ca.Co.Li.Mg.Mn.Ni.5H/q+2;;+1;+2;;;5*-1. The largest absolute Gasteiger partial charge is 2.00 e. The molecule has 6 heteroatoms. The van der Waals surface area contributed by atoms with E-state index >= 15 is 0 Å². The van der Waals surface area contributed by atoms with Gasteiger partial charge in [-0.1, -0.05) is 0 Å². The van der Waals surface area contributed by atoms with Crippen LogP contribution in [0, 0.1) is 0 Å². The molecule has 0 rings (SSSR count). The normalized spacial score (nSPS) is 0. The predicted octanol–water partition coefficient (Wildman–Crippen LogP) is -3.20. The molecule has 2 radical (unpaired) electrons. The first-order valence-electron chi connectivity index (χ1n) is 0. The maximum atomic E-state index is 0. The van der Waals surface area contributed by atoms with E-state index in [0.29, 0.717) is 0 Å². The summed E-state index contributed by atoms with van der Waals surface area (Å²) in [5, 5.41) is 0. The molecule has 0 N–H and O–H groups in total. The molecule has 0 saturated heterocycles. The molecule has 0 bridgehead atoms. The molecule has 0 fully saturated rings. The Morgan fingerprint density at radius 1 is 1.17 bits per heavy atom. The van der Waals surface area contributed by atoms with Crippen molar-refractivity contribution in [3.05, 3.63) is 0 Å². The minimum atomic E-state index is 0. The monoisotopic (exact) mass is 248 g/mol.